The minimum atomic E-state index is -4.48. The van der Waals surface area contributed by atoms with Crippen LogP contribution in [0.25, 0.3) is 0 Å². The second kappa shape index (κ2) is 4.03. The molecule has 0 heterocycles. The van der Waals surface area contributed by atoms with Crippen molar-refractivity contribution in [3.05, 3.63) is 28.8 Å². The molecule has 3 nitrogen and oxygen atoms in total. The molecular weight excluding hydrogens is 223 g/mol. The van der Waals surface area contributed by atoms with Gasteiger partial charge >= 0.3 is 12.1 Å². The molecule has 1 aromatic rings. The number of carbonyl (C=O) groups excluding carboxylic acids is 1. The SMILES string of the molecule is COC(=O)c1ccc(C(F)(F)F)c(C)c1N. The van der Waals surface area contributed by atoms with Gasteiger partial charge in [-0.2, -0.15) is 13.2 Å². The Morgan fingerprint density at radius 3 is 2.38 bits per heavy atom. The minimum absolute atomic E-state index is 0.0620. The van der Waals surface area contributed by atoms with E-state index in [1.165, 1.54) is 6.92 Å². The maximum atomic E-state index is 12.5. The number of alkyl halides is 3. The molecule has 0 fully saturated rings. The summed E-state index contributed by atoms with van der Waals surface area (Å²) < 4.78 is 41.8. The molecule has 0 aliphatic carbocycles. The van der Waals surface area contributed by atoms with Crippen molar-refractivity contribution < 1.29 is 22.7 Å². The first-order chi connectivity index (χ1) is 7.29. The van der Waals surface area contributed by atoms with Crippen LogP contribution in [0.4, 0.5) is 18.9 Å². The van der Waals surface area contributed by atoms with Gasteiger partial charge in [-0.25, -0.2) is 4.79 Å². The molecule has 0 saturated heterocycles. The predicted molar refractivity (Wildman–Crippen MR) is 51.9 cm³/mol. The minimum Gasteiger partial charge on any atom is -0.465 e. The lowest BCUT2D eigenvalue weighted by molar-refractivity contribution is -0.138. The lowest BCUT2D eigenvalue weighted by Crippen LogP contribution is -2.13. The van der Waals surface area contributed by atoms with Gasteiger partial charge in [-0.3, -0.25) is 0 Å². The highest BCUT2D eigenvalue weighted by atomic mass is 19.4. The Morgan fingerprint density at radius 1 is 1.38 bits per heavy atom. The Morgan fingerprint density at radius 2 is 1.94 bits per heavy atom. The van der Waals surface area contributed by atoms with Crippen LogP contribution >= 0.6 is 0 Å². The zero-order chi connectivity index (χ0) is 12.5. The van der Waals surface area contributed by atoms with Crippen molar-refractivity contribution in [3.8, 4) is 0 Å². The molecule has 0 aromatic heterocycles. The van der Waals surface area contributed by atoms with Crippen LogP contribution in [0.5, 0.6) is 0 Å². The standard InChI is InChI=1S/C10H10F3NO2/c1-5-7(10(11,12)13)4-3-6(8(5)14)9(15)16-2/h3-4H,14H2,1-2H3. The zero-order valence-electron chi connectivity index (χ0n) is 8.68. The lowest BCUT2D eigenvalue weighted by Gasteiger charge is -2.14. The van der Waals surface area contributed by atoms with Gasteiger partial charge in [-0.1, -0.05) is 0 Å². The van der Waals surface area contributed by atoms with E-state index in [1.807, 2.05) is 0 Å². The van der Waals surface area contributed by atoms with Crippen LogP contribution in [0.3, 0.4) is 0 Å². The molecule has 0 bridgehead atoms. The molecule has 0 atom stereocenters. The number of anilines is 1. The number of hydrogen-bond acceptors (Lipinski definition) is 3. The van der Waals surface area contributed by atoms with Gasteiger partial charge < -0.3 is 10.5 Å². The fourth-order valence-corrected chi connectivity index (χ4v) is 1.32. The summed E-state index contributed by atoms with van der Waals surface area (Å²) in [6, 6.07) is 1.83. The van der Waals surface area contributed by atoms with Gasteiger partial charge in [0.25, 0.3) is 0 Å². The molecule has 0 spiro atoms. The first kappa shape index (κ1) is 12.4. The van der Waals surface area contributed by atoms with Crippen LogP contribution in [-0.4, -0.2) is 13.1 Å². The van der Waals surface area contributed by atoms with Crippen molar-refractivity contribution in [1.82, 2.24) is 0 Å². The summed E-state index contributed by atoms with van der Waals surface area (Å²) in [5.41, 5.74) is 4.17. The molecule has 2 N–H and O–H groups in total. The summed E-state index contributed by atoms with van der Waals surface area (Å²) in [4.78, 5) is 11.2. The highest BCUT2D eigenvalue weighted by Crippen LogP contribution is 2.35. The Hall–Kier alpha value is -1.72. The fourth-order valence-electron chi connectivity index (χ4n) is 1.32. The van der Waals surface area contributed by atoms with Crippen molar-refractivity contribution >= 4 is 11.7 Å². The molecule has 6 heteroatoms. The maximum absolute atomic E-state index is 12.5. The van der Waals surface area contributed by atoms with E-state index in [0.29, 0.717) is 0 Å². The topological polar surface area (TPSA) is 52.3 Å². The van der Waals surface area contributed by atoms with E-state index in [2.05, 4.69) is 4.74 Å². The highest BCUT2D eigenvalue weighted by molar-refractivity contribution is 5.96. The first-order valence-electron chi connectivity index (χ1n) is 4.33. The summed E-state index contributed by atoms with van der Waals surface area (Å²) in [5, 5.41) is 0. The van der Waals surface area contributed by atoms with Gasteiger partial charge in [-0.05, 0) is 24.6 Å². The number of nitrogens with two attached hydrogens (primary N) is 1. The average molecular weight is 233 g/mol. The summed E-state index contributed by atoms with van der Waals surface area (Å²) in [6.45, 7) is 1.21. The zero-order valence-corrected chi connectivity index (χ0v) is 8.68. The van der Waals surface area contributed by atoms with Gasteiger partial charge in [-0.15, -0.1) is 0 Å². The molecule has 0 amide bonds. The van der Waals surface area contributed by atoms with Crippen molar-refractivity contribution in [2.45, 2.75) is 13.1 Å². The third kappa shape index (κ3) is 2.10. The first-order valence-corrected chi connectivity index (χ1v) is 4.33. The van der Waals surface area contributed by atoms with Crippen LogP contribution in [0.1, 0.15) is 21.5 Å². The van der Waals surface area contributed by atoms with Crippen molar-refractivity contribution in [2.24, 2.45) is 0 Å². The van der Waals surface area contributed by atoms with Crippen molar-refractivity contribution in [2.75, 3.05) is 12.8 Å². The summed E-state index contributed by atoms with van der Waals surface area (Å²) >= 11 is 0. The van der Waals surface area contributed by atoms with E-state index in [0.717, 1.165) is 19.2 Å². The number of carbonyl (C=O) groups is 1. The largest absolute Gasteiger partial charge is 0.465 e. The predicted octanol–water partition coefficient (Wildman–Crippen LogP) is 2.38. The van der Waals surface area contributed by atoms with E-state index in [-0.39, 0.29) is 16.8 Å². The van der Waals surface area contributed by atoms with Crippen LogP contribution < -0.4 is 5.73 Å². The summed E-state index contributed by atoms with van der Waals surface area (Å²) in [6.07, 6.45) is -4.48. The smallest absolute Gasteiger partial charge is 0.416 e. The average Bonchev–Trinajstić information content (AvgIpc) is 2.19. The Kier molecular flexibility index (Phi) is 3.11. The second-order valence-electron chi connectivity index (χ2n) is 3.19. The molecule has 1 aromatic carbocycles. The Bertz CT molecular complexity index is 427. The molecule has 16 heavy (non-hydrogen) atoms. The third-order valence-electron chi connectivity index (χ3n) is 2.23. The number of hydrogen-bond donors (Lipinski definition) is 1. The molecule has 1 rings (SSSR count). The number of rotatable bonds is 1. The van der Waals surface area contributed by atoms with E-state index in [9.17, 15) is 18.0 Å². The number of ether oxygens (including phenoxy) is 1. The van der Waals surface area contributed by atoms with Crippen LogP contribution in [0.15, 0.2) is 12.1 Å². The van der Waals surface area contributed by atoms with E-state index < -0.39 is 17.7 Å². The monoisotopic (exact) mass is 233 g/mol. The third-order valence-corrected chi connectivity index (χ3v) is 2.23. The van der Waals surface area contributed by atoms with E-state index >= 15 is 0 Å². The van der Waals surface area contributed by atoms with Gasteiger partial charge in [0.15, 0.2) is 0 Å². The van der Waals surface area contributed by atoms with E-state index in [4.69, 9.17) is 5.73 Å². The molecule has 0 saturated carbocycles. The highest BCUT2D eigenvalue weighted by Gasteiger charge is 2.33. The quantitative estimate of drug-likeness (QED) is 0.598. The summed E-state index contributed by atoms with van der Waals surface area (Å²) in [5.74, 6) is -0.755. The molecule has 0 unspecified atom stereocenters. The van der Waals surface area contributed by atoms with Crippen molar-refractivity contribution in [3.63, 3.8) is 0 Å². The number of nitrogen functional groups attached to an aromatic ring is 1. The van der Waals surface area contributed by atoms with Crippen LogP contribution in [0, 0.1) is 6.92 Å². The number of benzene rings is 1. The van der Waals surface area contributed by atoms with Crippen LogP contribution in [-0.2, 0) is 10.9 Å². The lowest BCUT2D eigenvalue weighted by atomic mass is 10.0. The Balaban J connectivity index is 3.35. The maximum Gasteiger partial charge on any atom is 0.416 e. The Labute approximate surface area is 90.0 Å². The molecule has 88 valence electrons. The molecule has 0 radical (unpaired) electrons. The number of halogens is 3. The van der Waals surface area contributed by atoms with Crippen LogP contribution in [0.2, 0.25) is 0 Å². The molecule has 0 aliphatic heterocycles. The normalized spacial score (nSPS) is 11.3. The van der Waals surface area contributed by atoms with Crippen molar-refractivity contribution in [1.29, 1.82) is 0 Å². The molecular formula is C10H10F3NO2. The van der Waals surface area contributed by atoms with E-state index in [1.54, 1.807) is 0 Å². The van der Waals surface area contributed by atoms with Gasteiger partial charge in [0, 0.05) is 5.69 Å². The van der Waals surface area contributed by atoms with Gasteiger partial charge in [0.05, 0.1) is 18.2 Å². The van der Waals surface area contributed by atoms with Gasteiger partial charge in [0.1, 0.15) is 0 Å². The fraction of sp³-hybridized carbons (Fsp3) is 0.300. The summed E-state index contributed by atoms with van der Waals surface area (Å²) in [7, 11) is 1.13. The number of esters is 1. The van der Waals surface area contributed by atoms with Gasteiger partial charge in [0.2, 0.25) is 0 Å². The second-order valence-corrected chi connectivity index (χ2v) is 3.19. The molecule has 0 aliphatic rings. The number of methoxy groups -OCH3 is 1.